The van der Waals surface area contributed by atoms with Crippen LogP contribution in [0, 0.1) is 6.92 Å². The minimum atomic E-state index is 0.0545. The predicted molar refractivity (Wildman–Crippen MR) is 60.1 cm³/mol. The molecule has 15 heavy (non-hydrogen) atoms. The molecule has 0 atom stereocenters. The van der Waals surface area contributed by atoms with Crippen molar-refractivity contribution in [2.45, 2.75) is 13.3 Å². The lowest BCUT2D eigenvalue weighted by Crippen LogP contribution is -2.00. The third-order valence-electron chi connectivity index (χ3n) is 2.30. The van der Waals surface area contributed by atoms with Crippen LogP contribution in [0.4, 0.5) is 0 Å². The molecule has 1 aromatic carbocycles. The van der Waals surface area contributed by atoms with Gasteiger partial charge in [-0.05, 0) is 19.4 Å². The van der Waals surface area contributed by atoms with E-state index in [2.05, 4.69) is 0 Å². The maximum Gasteiger partial charge on any atom is 0.141 e. The molecule has 0 saturated carbocycles. The zero-order chi connectivity index (χ0) is 11.4. The molecule has 0 aliphatic heterocycles. The Bertz CT molecular complexity index is 350. The molecule has 1 rings (SSSR count). The SMILES string of the molecule is COc1cc(CCO)c(OC)c(Cl)c1C. The molecule has 0 spiro atoms. The monoisotopic (exact) mass is 230 g/mol. The highest BCUT2D eigenvalue weighted by Gasteiger charge is 2.14. The molecular weight excluding hydrogens is 216 g/mol. The van der Waals surface area contributed by atoms with Gasteiger partial charge in [0.25, 0.3) is 0 Å². The Kier molecular flexibility index (Phi) is 4.24. The van der Waals surface area contributed by atoms with E-state index in [1.165, 1.54) is 0 Å². The van der Waals surface area contributed by atoms with Crippen molar-refractivity contribution in [1.82, 2.24) is 0 Å². The Morgan fingerprint density at radius 1 is 1.33 bits per heavy atom. The fourth-order valence-electron chi connectivity index (χ4n) is 1.49. The Balaban J connectivity index is 3.30. The highest BCUT2D eigenvalue weighted by molar-refractivity contribution is 6.33. The number of aliphatic hydroxyl groups is 1. The van der Waals surface area contributed by atoms with Gasteiger partial charge >= 0.3 is 0 Å². The van der Waals surface area contributed by atoms with Crippen LogP contribution in [0.3, 0.4) is 0 Å². The summed E-state index contributed by atoms with van der Waals surface area (Å²) in [5, 5.41) is 9.47. The van der Waals surface area contributed by atoms with Crippen LogP contribution in [0.25, 0.3) is 0 Å². The van der Waals surface area contributed by atoms with E-state index in [1.807, 2.05) is 13.0 Å². The fraction of sp³-hybridized carbons (Fsp3) is 0.455. The van der Waals surface area contributed by atoms with Gasteiger partial charge in [-0.25, -0.2) is 0 Å². The average molecular weight is 231 g/mol. The molecule has 0 aliphatic rings. The molecule has 0 saturated heterocycles. The number of hydrogen-bond donors (Lipinski definition) is 1. The van der Waals surface area contributed by atoms with Gasteiger partial charge in [0.1, 0.15) is 11.5 Å². The molecule has 3 nitrogen and oxygen atoms in total. The lowest BCUT2D eigenvalue weighted by atomic mass is 10.1. The van der Waals surface area contributed by atoms with Crippen LogP contribution in [0.5, 0.6) is 11.5 Å². The van der Waals surface area contributed by atoms with Crippen molar-refractivity contribution in [3.8, 4) is 11.5 Å². The number of aliphatic hydroxyl groups excluding tert-OH is 1. The largest absolute Gasteiger partial charge is 0.496 e. The summed E-state index contributed by atoms with van der Waals surface area (Å²) in [7, 11) is 3.15. The average Bonchev–Trinajstić information content (AvgIpc) is 2.24. The maximum absolute atomic E-state index is 8.92. The van der Waals surface area contributed by atoms with E-state index in [4.69, 9.17) is 26.2 Å². The number of hydrogen-bond acceptors (Lipinski definition) is 3. The van der Waals surface area contributed by atoms with Crippen LogP contribution in [0.15, 0.2) is 6.07 Å². The highest BCUT2D eigenvalue weighted by Crippen LogP contribution is 2.37. The second kappa shape index (κ2) is 5.24. The Labute approximate surface area is 94.6 Å². The van der Waals surface area contributed by atoms with Crippen molar-refractivity contribution in [3.63, 3.8) is 0 Å². The molecule has 4 heteroatoms. The summed E-state index contributed by atoms with van der Waals surface area (Å²) in [4.78, 5) is 0. The standard InChI is InChI=1S/C11H15ClO3/c1-7-9(14-2)6-8(4-5-13)11(15-3)10(7)12/h6,13H,4-5H2,1-3H3. The second-order valence-corrected chi connectivity index (χ2v) is 3.56. The van der Waals surface area contributed by atoms with E-state index in [1.54, 1.807) is 14.2 Å². The molecule has 84 valence electrons. The molecule has 0 aliphatic carbocycles. The normalized spacial score (nSPS) is 10.2. The number of benzene rings is 1. The van der Waals surface area contributed by atoms with Gasteiger partial charge in [-0.3, -0.25) is 0 Å². The molecule has 0 radical (unpaired) electrons. The van der Waals surface area contributed by atoms with Crippen LogP contribution in [0.1, 0.15) is 11.1 Å². The first-order valence-corrected chi connectivity index (χ1v) is 5.04. The second-order valence-electron chi connectivity index (χ2n) is 3.18. The first kappa shape index (κ1) is 12.1. The summed E-state index contributed by atoms with van der Waals surface area (Å²) in [6.45, 7) is 1.92. The maximum atomic E-state index is 8.92. The van der Waals surface area contributed by atoms with Crippen molar-refractivity contribution < 1.29 is 14.6 Å². The van der Waals surface area contributed by atoms with Crippen molar-refractivity contribution >= 4 is 11.6 Å². The first-order valence-electron chi connectivity index (χ1n) is 4.66. The van der Waals surface area contributed by atoms with E-state index in [-0.39, 0.29) is 6.61 Å². The van der Waals surface area contributed by atoms with E-state index >= 15 is 0 Å². The highest BCUT2D eigenvalue weighted by atomic mass is 35.5. The summed E-state index contributed by atoms with van der Waals surface area (Å²) in [6, 6.07) is 1.84. The quantitative estimate of drug-likeness (QED) is 0.862. The van der Waals surface area contributed by atoms with Gasteiger partial charge in [-0.2, -0.15) is 0 Å². The Morgan fingerprint density at radius 3 is 2.47 bits per heavy atom. The van der Waals surface area contributed by atoms with Crippen molar-refractivity contribution in [2.24, 2.45) is 0 Å². The lowest BCUT2D eigenvalue weighted by molar-refractivity contribution is 0.296. The van der Waals surface area contributed by atoms with Crippen LogP contribution in [-0.2, 0) is 6.42 Å². The van der Waals surface area contributed by atoms with Crippen LogP contribution >= 0.6 is 11.6 Å². The Hall–Kier alpha value is -0.930. The summed E-state index contributed by atoms with van der Waals surface area (Å²) in [5.74, 6) is 1.33. The first-order chi connectivity index (χ1) is 7.15. The molecule has 1 aromatic rings. The third kappa shape index (κ3) is 2.36. The van der Waals surface area contributed by atoms with Crippen LogP contribution in [-0.4, -0.2) is 25.9 Å². The smallest absolute Gasteiger partial charge is 0.141 e. The summed E-state index contributed by atoms with van der Waals surface area (Å²) in [5.41, 5.74) is 1.70. The summed E-state index contributed by atoms with van der Waals surface area (Å²) >= 11 is 6.13. The third-order valence-corrected chi connectivity index (χ3v) is 2.76. The molecule has 0 bridgehead atoms. The molecule has 0 amide bonds. The van der Waals surface area contributed by atoms with Gasteiger partial charge in [0.05, 0.1) is 19.2 Å². The van der Waals surface area contributed by atoms with E-state index < -0.39 is 0 Å². The number of rotatable bonds is 4. The zero-order valence-electron chi connectivity index (χ0n) is 9.13. The van der Waals surface area contributed by atoms with Crippen molar-refractivity contribution in [1.29, 1.82) is 0 Å². The topological polar surface area (TPSA) is 38.7 Å². The molecule has 0 unspecified atom stereocenters. The van der Waals surface area contributed by atoms with Gasteiger partial charge in [0.2, 0.25) is 0 Å². The molecule has 1 N–H and O–H groups in total. The zero-order valence-corrected chi connectivity index (χ0v) is 9.89. The lowest BCUT2D eigenvalue weighted by Gasteiger charge is -2.14. The minimum Gasteiger partial charge on any atom is -0.496 e. The van der Waals surface area contributed by atoms with Crippen LogP contribution < -0.4 is 9.47 Å². The minimum absolute atomic E-state index is 0.0545. The van der Waals surface area contributed by atoms with Gasteiger partial charge < -0.3 is 14.6 Å². The summed E-state index contributed by atoms with van der Waals surface area (Å²) in [6.07, 6.45) is 0.500. The number of halogens is 1. The van der Waals surface area contributed by atoms with Crippen LogP contribution in [0.2, 0.25) is 5.02 Å². The molecule has 0 aromatic heterocycles. The number of methoxy groups -OCH3 is 2. The molecule has 0 heterocycles. The van der Waals surface area contributed by atoms with Gasteiger partial charge in [0, 0.05) is 17.7 Å². The molecule has 0 fully saturated rings. The fourth-order valence-corrected chi connectivity index (χ4v) is 1.78. The van der Waals surface area contributed by atoms with Gasteiger partial charge in [-0.1, -0.05) is 11.6 Å². The summed E-state index contributed by atoms with van der Waals surface area (Å²) < 4.78 is 10.4. The Morgan fingerprint density at radius 2 is 2.00 bits per heavy atom. The van der Waals surface area contributed by atoms with E-state index in [0.717, 1.165) is 11.1 Å². The molecular formula is C11H15ClO3. The predicted octanol–water partition coefficient (Wildman–Crippen LogP) is 2.20. The van der Waals surface area contributed by atoms with E-state index in [9.17, 15) is 0 Å². The number of ether oxygens (including phenoxy) is 2. The van der Waals surface area contributed by atoms with Crippen molar-refractivity contribution in [2.75, 3.05) is 20.8 Å². The van der Waals surface area contributed by atoms with Gasteiger partial charge in [-0.15, -0.1) is 0 Å². The van der Waals surface area contributed by atoms with Gasteiger partial charge in [0.15, 0.2) is 0 Å². The van der Waals surface area contributed by atoms with Crippen molar-refractivity contribution in [3.05, 3.63) is 22.2 Å². The van der Waals surface area contributed by atoms with E-state index in [0.29, 0.717) is 22.9 Å².